The lowest BCUT2D eigenvalue weighted by Gasteiger charge is -2.55. The zero-order valence-corrected chi connectivity index (χ0v) is 11.3. The van der Waals surface area contributed by atoms with Crippen LogP contribution in [0.3, 0.4) is 0 Å². The van der Waals surface area contributed by atoms with Gasteiger partial charge < -0.3 is 9.84 Å². The Labute approximate surface area is 108 Å². The molecule has 0 radical (unpaired) electrons. The van der Waals surface area contributed by atoms with Crippen LogP contribution in [0.15, 0.2) is 11.6 Å². The quantitative estimate of drug-likeness (QED) is 0.668. The minimum Gasteiger partial charge on any atom is -0.389 e. The lowest BCUT2D eigenvalue weighted by Crippen LogP contribution is -2.58. The zero-order valence-electron chi connectivity index (χ0n) is 11.3. The van der Waals surface area contributed by atoms with E-state index in [4.69, 9.17) is 4.74 Å². The number of fused-ring (bicyclic) bond motifs is 4. The molecule has 1 aliphatic heterocycles. The van der Waals surface area contributed by atoms with Crippen LogP contribution < -0.4 is 0 Å². The lowest BCUT2D eigenvalue weighted by molar-refractivity contribution is -0.156. The fraction of sp³-hybridized carbons (Fsp3) is 0.800. The van der Waals surface area contributed by atoms with Gasteiger partial charge in [0, 0.05) is 11.3 Å². The summed E-state index contributed by atoms with van der Waals surface area (Å²) in [6.07, 6.45) is 2.92. The van der Waals surface area contributed by atoms with Gasteiger partial charge in [0.15, 0.2) is 5.78 Å². The first-order chi connectivity index (χ1) is 8.46. The number of ketones is 1. The maximum absolute atomic E-state index is 12.5. The van der Waals surface area contributed by atoms with E-state index in [1.54, 1.807) is 0 Å². The summed E-state index contributed by atoms with van der Waals surface area (Å²) in [5.74, 6) is 0.931. The molecule has 3 aliphatic rings. The molecule has 1 saturated heterocycles. The first-order valence-electron chi connectivity index (χ1n) is 7.01. The van der Waals surface area contributed by atoms with Crippen LogP contribution in [0.2, 0.25) is 0 Å². The fourth-order valence-corrected chi connectivity index (χ4v) is 4.35. The number of hydrogen-bond donors (Lipinski definition) is 1. The van der Waals surface area contributed by atoms with Gasteiger partial charge in [0.1, 0.15) is 6.10 Å². The van der Waals surface area contributed by atoms with Crippen molar-refractivity contribution in [3.05, 3.63) is 11.6 Å². The van der Waals surface area contributed by atoms with E-state index in [2.05, 4.69) is 20.8 Å². The summed E-state index contributed by atoms with van der Waals surface area (Å²) in [7, 11) is 0. The van der Waals surface area contributed by atoms with Gasteiger partial charge in [-0.3, -0.25) is 4.79 Å². The number of aliphatic hydroxyl groups excluding tert-OH is 1. The Kier molecular flexibility index (Phi) is 2.69. The van der Waals surface area contributed by atoms with E-state index < -0.39 is 12.2 Å². The molecule has 18 heavy (non-hydrogen) atoms. The summed E-state index contributed by atoms with van der Waals surface area (Å²) in [6.45, 7) is 7.14. The van der Waals surface area contributed by atoms with E-state index in [0.717, 1.165) is 18.4 Å². The van der Waals surface area contributed by atoms with Gasteiger partial charge >= 0.3 is 0 Å². The van der Waals surface area contributed by atoms with Gasteiger partial charge in [0.25, 0.3) is 0 Å². The summed E-state index contributed by atoms with van der Waals surface area (Å²) >= 11 is 0. The molecule has 3 rings (SSSR count). The molecule has 0 aromatic carbocycles. The Bertz CT molecular complexity index is 414. The van der Waals surface area contributed by atoms with Crippen molar-refractivity contribution in [1.82, 2.24) is 0 Å². The summed E-state index contributed by atoms with van der Waals surface area (Å²) in [4.78, 5) is 12.5. The van der Waals surface area contributed by atoms with Crippen molar-refractivity contribution in [1.29, 1.82) is 0 Å². The zero-order chi connectivity index (χ0) is 13.1. The second-order valence-electron chi connectivity index (χ2n) is 6.51. The predicted molar refractivity (Wildman–Crippen MR) is 68.0 cm³/mol. The molecule has 0 aromatic heterocycles. The third-order valence-corrected chi connectivity index (χ3v) is 5.55. The molecule has 0 aromatic rings. The Balaban J connectivity index is 2.14. The molecule has 2 aliphatic carbocycles. The fourth-order valence-electron chi connectivity index (χ4n) is 4.35. The number of hydrogen-bond acceptors (Lipinski definition) is 3. The highest BCUT2D eigenvalue weighted by atomic mass is 16.5. The van der Waals surface area contributed by atoms with Crippen molar-refractivity contribution >= 4 is 5.78 Å². The molecular formula is C15H22O3. The molecule has 1 N–H and O–H groups in total. The Morgan fingerprint density at radius 2 is 2.11 bits per heavy atom. The first-order valence-corrected chi connectivity index (χ1v) is 7.01. The minimum absolute atomic E-state index is 0.0150. The first kappa shape index (κ1) is 12.4. The van der Waals surface area contributed by atoms with Gasteiger partial charge in [-0.25, -0.2) is 0 Å². The molecule has 2 bridgehead atoms. The molecule has 6 atom stereocenters. The number of carbonyl (C=O) groups is 1. The van der Waals surface area contributed by atoms with Crippen LogP contribution in [-0.2, 0) is 9.53 Å². The SMILES string of the molecule is C[C@@H]1CO[C@H]2C=C3[C@@H](O)CC[C@H](C)[C@@]3(C)[C@@H]1C2=O. The van der Waals surface area contributed by atoms with Gasteiger partial charge in [0.05, 0.1) is 12.7 Å². The van der Waals surface area contributed by atoms with E-state index in [0.29, 0.717) is 12.5 Å². The molecule has 2 fully saturated rings. The Morgan fingerprint density at radius 3 is 2.83 bits per heavy atom. The van der Waals surface area contributed by atoms with Crippen molar-refractivity contribution in [3.63, 3.8) is 0 Å². The van der Waals surface area contributed by atoms with Crippen LogP contribution in [0.5, 0.6) is 0 Å². The van der Waals surface area contributed by atoms with Gasteiger partial charge in [-0.2, -0.15) is 0 Å². The highest BCUT2D eigenvalue weighted by Crippen LogP contribution is 2.56. The lowest BCUT2D eigenvalue weighted by atomic mass is 9.51. The molecule has 1 heterocycles. The maximum atomic E-state index is 12.5. The predicted octanol–water partition coefficient (Wildman–Crippen LogP) is 1.94. The molecule has 1 saturated carbocycles. The van der Waals surface area contributed by atoms with Crippen molar-refractivity contribution in [2.75, 3.05) is 6.61 Å². The standard InChI is InChI=1S/C15H22O3/c1-8-7-18-12-6-10-11(16)5-4-9(2)15(10,3)13(8)14(12)17/h6,8-9,11-13,16H,4-5,7H2,1-3H3/t8-,9+,11+,12+,13+,15-/m1/s1. The van der Waals surface area contributed by atoms with Crippen molar-refractivity contribution in [2.24, 2.45) is 23.2 Å². The van der Waals surface area contributed by atoms with Gasteiger partial charge in [-0.1, -0.05) is 20.8 Å². The van der Waals surface area contributed by atoms with Crippen LogP contribution in [0.1, 0.15) is 33.6 Å². The van der Waals surface area contributed by atoms with E-state index in [9.17, 15) is 9.90 Å². The average Bonchev–Trinajstić information content (AvgIpc) is 2.31. The van der Waals surface area contributed by atoms with Crippen LogP contribution in [0.25, 0.3) is 0 Å². The summed E-state index contributed by atoms with van der Waals surface area (Å²) in [5.41, 5.74) is 0.886. The van der Waals surface area contributed by atoms with Crippen LogP contribution in [0, 0.1) is 23.2 Å². The van der Waals surface area contributed by atoms with Crippen molar-refractivity contribution in [2.45, 2.75) is 45.8 Å². The van der Waals surface area contributed by atoms with Crippen molar-refractivity contribution in [3.8, 4) is 0 Å². The summed E-state index contributed by atoms with van der Waals surface area (Å²) < 4.78 is 5.61. The number of aliphatic hydroxyl groups is 1. The van der Waals surface area contributed by atoms with Crippen LogP contribution in [0.4, 0.5) is 0 Å². The third-order valence-electron chi connectivity index (χ3n) is 5.55. The van der Waals surface area contributed by atoms with Gasteiger partial charge in [-0.05, 0) is 36.3 Å². The second kappa shape index (κ2) is 3.91. The van der Waals surface area contributed by atoms with E-state index in [1.807, 2.05) is 6.08 Å². The highest BCUT2D eigenvalue weighted by molar-refractivity contribution is 5.91. The number of carbonyl (C=O) groups excluding carboxylic acids is 1. The maximum Gasteiger partial charge on any atom is 0.169 e. The molecule has 3 heteroatoms. The summed E-state index contributed by atoms with van der Waals surface area (Å²) in [6, 6.07) is 0. The topological polar surface area (TPSA) is 46.5 Å². The van der Waals surface area contributed by atoms with E-state index in [1.165, 1.54) is 0 Å². The smallest absolute Gasteiger partial charge is 0.169 e. The molecule has 0 amide bonds. The molecular weight excluding hydrogens is 228 g/mol. The van der Waals surface area contributed by atoms with Crippen molar-refractivity contribution < 1.29 is 14.6 Å². The normalized spacial score (nSPS) is 51.7. The second-order valence-corrected chi connectivity index (χ2v) is 6.51. The number of Topliss-reactive ketones (excluding diaryl/α,β-unsaturated/α-hetero) is 1. The molecule has 0 spiro atoms. The average molecular weight is 250 g/mol. The van der Waals surface area contributed by atoms with Gasteiger partial charge in [-0.15, -0.1) is 0 Å². The molecule has 3 nitrogen and oxygen atoms in total. The summed E-state index contributed by atoms with van der Waals surface area (Å²) in [5, 5.41) is 10.3. The van der Waals surface area contributed by atoms with E-state index >= 15 is 0 Å². The Hall–Kier alpha value is -0.670. The van der Waals surface area contributed by atoms with E-state index in [-0.39, 0.29) is 23.0 Å². The monoisotopic (exact) mass is 250 g/mol. The third kappa shape index (κ3) is 1.41. The molecule has 0 unspecified atom stereocenters. The highest BCUT2D eigenvalue weighted by Gasteiger charge is 2.57. The largest absolute Gasteiger partial charge is 0.389 e. The Morgan fingerprint density at radius 1 is 1.39 bits per heavy atom. The number of rotatable bonds is 0. The molecule has 100 valence electrons. The van der Waals surface area contributed by atoms with Crippen LogP contribution >= 0.6 is 0 Å². The minimum atomic E-state index is -0.408. The van der Waals surface area contributed by atoms with Gasteiger partial charge in [0.2, 0.25) is 0 Å². The number of ether oxygens (including phenoxy) is 1. The van der Waals surface area contributed by atoms with Crippen LogP contribution in [-0.4, -0.2) is 29.7 Å².